The van der Waals surface area contributed by atoms with E-state index in [0.29, 0.717) is 35.8 Å². The molecule has 0 spiro atoms. The molecule has 2 heterocycles. The van der Waals surface area contributed by atoms with Crippen molar-refractivity contribution in [2.75, 3.05) is 32.5 Å². The minimum absolute atomic E-state index is 0.151. The summed E-state index contributed by atoms with van der Waals surface area (Å²) in [5.74, 6) is 1.10. The first-order valence-electron chi connectivity index (χ1n) is 5.45. The number of anilines is 1. The molecule has 0 radical (unpaired) electrons. The maximum atomic E-state index is 8.78. The molecule has 0 aromatic carbocycles. The molecule has 0 unspecified atom stereocenters. The summed E-state index contributed by atoms with van der Waals surface area (Å²) in [4.78, 5) is 17.5. The summed E-state index contributed by atoms with van der Waals surface area (Å²) in [6.07, 6.45) is 2.24. The lowest BCUT2D eigenvalue weighted by molar-refractivity contribution is 0.222. The standard InChI is InChI=1S/C10H16N6O/c1-16(4-5-17)3-2-7-14-9(11)8-10(15-7)13-6-12-8/h6,17H,2-5H2,1H3,(H3,11,12,13,14,15). The Morgan fingerprint density at radius 2 is 2.24 bits per heavy atom. The van der Waals surface area contributed by atoms with Crippen molar-refractivity contribution in [3.8, 4) is 0 Å². The van der Waals surface area contributed by atoms with Crippen LogP contribution in [0.4, 0.5) is 5.82 Å². The Morgan fingerprint density at radius 3 is 3.00 bits per heavy atom. The van der Waals surface area contributed by atoms with Gasteiger partial charge in [0.15, 0.2) is 11.5 Å². The Bertz CT molecular complexity index is 497. The van der Waals surface area contributed by atoms with Crippen molar-refractivity contribution in [2.45, 2.75) is 6.42 Å². The van der Waals surface area contributed by atoms with Gasteiger partial charge in [0.25, 0.3) is 0 Å². The van der Waals surface area contributed by atoms with Crippen LogP contribution in [0.25, 0.3) is 11.2 Å². The second-order valence-corrected chi connectivity index (χ2v) is 3.90. The van der Waals surface area contributed by atoms with Gasteiger partial charge >= 0.3 is 0 Å². The van der Waals surface area contributed by atoms with E-state index in [2.05, 4.69) is 19.9 Å². The van der Waals surface area contributed by atoms with Crippen molar-refractivity contribution in [3.63, 3.8) is 0 Å². The van der Waals surface area contributed by atoms with Gasteiger partial charge < -0.3 is 20.7 Å². The third kappa shape index (κ3) is 2.69. The molecule has 0 bridgehead atoms. The van der Waals surface area contributed by atoms with E-state index in [4.69, 9.17) is 10.8 Å². The van der Waals surface area contributed by atoms with Gasteiger partial charge in [-0.2, -0.15) is 0 Å². The third-order valence-electron chi connectivity index (χ3n) is 2.56. The minimum atomic E-state index is 0.151. The maximum absolute atomic E-state index is 8.78. The van der Waals surface area contributed by atoms with Crippen molar-refractivity contribution in [3.05, 3.63) is 12.2 Å². The largest absolute Gasteiger partial charge is 0.395 e. The highest BCUT2D eigenvalue weighted by Gasteiger charge is 2.07. The molecule has 0 saturated carbocycles. The molecule has 0 aliphatic heterocycles. The molecule has 0 aliphatic rings. The second kappa shape index (κ2) is 5.07. The summed E-state index contributed by atoms with van der Waals surface area (Å²) in [6, 6.07) is 0. The Balaban J connectivity index is 2.08. The number of aromatic amines is 1. The SMILES string of the molecule is CN(CCO)CCc1nc(N)c2[nH]cnc2n1. The summed E-state index contributed by atoms with van der Waals surface area (Å²) in [5, 5.41) is 8.78. The van der Waals surface area contributed by atoms with Crippen molar-refractivity contribution in [2.24, 2.45) is 0 Å². The monoisotopic (exact) mass is 236 g/mol. The lowest BCUT2D eigenvalue weighted by Gasteiger charge is -2.13. The topological polar surface area (TPSA) is 104 Å². The average Bonchev–Trinajstić information content (AvgIpc) is 2.75. The number of nitrogen functional groups attached to an aromatic ring is 1. The minimum Gasteiger partial charge on any atom is -0.395 e. The highest BCUT2D eigenvalue weighted by Crippen LogP contribution is 2.12. The zero-order valence-corrected chi connectivity index (χ0v) is 9.72. The first-order valence-corrected chi connectivity index (χ1v) is 5.45. The van der Waals surface area contributed by atoms with E-state index in [-0.39, 0.29) is 6.61 Å². The van der Waals surface area contributed by atoms with Crippen LogP contribution in [0.3, 0.4) is 0 Å². The number of hydrogen-bond acceptors (Lipinski definition) is 6. The van der Waals surface area contributed by atoms with Gasteiger partial charge in [-0.15, -0.1) is 0 Å². The fourth-order valence-corrected chi connectivity index (χ4v) is 1.59. The van der Waals surface area contributed by atoms with E-state index in [0.717, 1.165) is 6.54 Å². The number of hydrogen-bond donors (Lipinski definition) is 3. The number of fused-ring (bicyclic) bond motifs is 1. The average molecular weight is 236 g/mol. The van der Waals surface area contributed by atoms with Crippen LogP contribution < -0.4 is 5.73 Å². The third-order valence-corrected chi connectivity index (χ3v) is 2.56. The normalized spacial score (nSPS) is 11.5. The van der Waals surface area contributed by atoms with Crippen LogP contribution in [0.2, 0.25) is 0 Å². The summed E-state index contributed by atoms with van der Waals surface area (Å²) in [6.45, 7) is 1.56. The number of imidazole rings is 1. The molecule has 0 saturated heterocycles. The van der Waals surface area contributed by atoms with Gasteiger partial charge in [-0.3, -0.25) is 0 Å². The Labute approximate surface area is 98.7 Å². The number of aliphatic hydroxyl groups excluding tert-OH is 1. The zero-order valence-electron chi connectivity index (χ0n) is 9.72. The van der Waals surface area contributed by atoms with E-state index >= 15 is 0 Å². The lowest BCUT2D eigenvalue weighted by Crippen LogP contribution is -2.25. The van der Waals surface area contributed by atoms with Crippen LogP contribution >= 0.6 is 0 Å². The van der Waals surface area contributed by atoms with Crippen LogP contribution in [-0.4, -0.2) is 56.7 Å². The van der Waals surface area contributed by atoms with Crippen molar-refractivity contribution in [1.82, 2.24) is 24.8 Å². The molecule has 7 nitrogen and oxygen atoms in total. The number of aromatic nitrogens is 4. The van der Waals surface area contributed by atoms with Crippen LogP contribution in [0.15, 0.2) is 6.33 Å². The molecule has 92 valence electrons. The smallest absolute Gasteiger partial charge is 0.183 e. The predicted molar refractivity (Wildman–Crippen MR) is 64.4 cm³/mol. The molecular weight excluding hydrogens is 220 g/mol. The number of aliphatic hydroxyl groups is 1. The molecule has 2 aromatic rings. The van der Waals surface area contributed by atoms with Crippen LogP contribution in [0.5, 0.6) is 0 Å². The molecule has 2 rings (SSSR count). The highest BCUT2D eigenvalue weighted by molar-refractivity contribution is 5.80. The van der Waals surface area contributed by atoms with Gasteiger partial charge in [-0.05, 0) is 7.05 Å². The molecular formula is C10H16N6O. The number of H-pyrrole nitrogens is 1. The van der Waals surface area contributed by atoms with Crippen LogP contribution in [-0.2, 0) is 6.42 Å². The molecule has 0 atom stereocenters. The fraction of sp³-hybridized carbons (Fsp3) is 0.500. The van der Waals surface area contributed by atoms with Gasteiger partial charge in [0, 0.05) is 19.5 Å². The van der Waals surface area contributed by atoms with Gasteiger partial charge in [-0.25, -0.2) is 15.0 Å². The summed E-state index contributed by atoms with van der Waals surface area (Å²) >= 11 is 0. The molecule has 0 aliphatic carbocycles. The molecule has 2 aromatic heterocycles. The summed E-state index contributed by atoms with van der Waals surface area (Å²) in [7, 11) is 1.94. The Kier molecular flexibility index (Phi) is 3.50. The number of nitrogens with zero attached hydrogens (tertiary/aromatic N) is 4. The summed E-state index contributed by atoms with van der Waals surface area (Å²) in [5.41, 5.74) is 7.06. The van der Waals surface area contributed by atoms with E-state index in [9.17, 15) is 0 Å². The Morgan fingerprint density at radius 1 is 1.41 bits per heavy atom. The van der Waals surface area contributed by atoms with Crippen molar-refractivity contribution < 1.29 is 5.11 Å². The van der Waals surface area contributed by atoms with Gasteiger partial charge in [-0.1, -0.05) is 0 Å². The lowest BCUT2D eigenvalue weighted by atomic mass is 10.3. The summed E-state index contributed by atoms with van der Waals surface area (Å²) < 4.78 is 0. The number of rotatable bonds is 5. The van der Waals surface area contributed by atoms with E-state index in [1.807, 2.05) is 11.9 Å². The molecule has 17 heavy (non-hydrogen) atoms. The van der Waals surface area contributed by atoms with Gasteiger partial charge in [0.2, 0.25) is 0 Å². The van der Waals surface area contributed by atoms with Crippen LogP contribution in [0, 0.1) is 0 Å². The van der Waals surface area contributed by atoms with Crippen molar-refractivity contribution in [1.29, 1.82) is 0 Å². The fourth-order valence-electron chi connectivity index (χ4n) is 1.59. The number of nitrogens with two attached hydrogens (primary N) is 1. The second-order valence-electron chi connectivity index (χ2n) is 3.90. The molecule has 0 fully saturated rings. The first kappa shape index (κ1) is 11.7. The Hall–Kier alpha value is -1.73. The molecule has 7 heteroatoms. The van der Waals surface area contributed by atoms with Gasteiger partial charge in [0.1, 0.15) is 11.3 Å². The van der Waals surface area contributed by atoms with Crippen molar-refractivity contribution >= 4 is 17.0 Å². The molecule has 0 amide bonds. The van der Waals surface area contributed by atoms with Crippen LogP contribution in [0.1, 0.15) is 5.82 Å². The maximum Gasteiger partial charge on any atom is 0.183 e. The number of likely N-dealkylation sites (N-methyl/N-ethyl adjacent to an activating group) is 1. The molecule has 4 N–H and O–H groups in total. The first-order chi connectivity index (χ1) is 8.20. The van der Waals surface area contributed by atoms with Gasteiger partial charge in [0.05, 0.1) is 12.9 Å². The zero-order chi connectivity index (χ0) is 12.3. The number of nitrogens with one attached hydrogen (secondary N) is 1. The predicted octanol–water partition coefficient (Wildman–Crippen LogP) is -0.598. The van der Waals surface area contributed by atoms with E-state index in [1.54, 1.807) is 6.33 Å². The highest BCUT2D eigenvalue weighted by atomic mass is 16.3. The van der Waals surface area contributed by atoms with E-state index < -0.39 is 0 Å². The van der Waals surface area contributed by atoms with E-state index in [1.165, 1.54) is 0 Å². The quantitative estimate of drug-likeness (QED) is 0.640.